The van der Waals surface area contributed by atoms with Crippen LogP contribution in [0.1, 0.15) is 12.8 Å². The number of benzene rings is 1. The number of amides is 1. The number of methoxy groups -OCH3 is 1. The van der Waals surface area contributed by atoms with E-state index in [9.17, 15) is 4.79 Å². The summed E-state index contributed by atoms with van der Waals surface area (Å²) >= 11 is 0. The molecule has 0 bridgehead atoms. The number of piperidine rings is 1. The SMILES string of the molecule is COc1nccnc1OC1CCCN(C(=O)C2COc3ccccc3O2)C1. The Labute approximate surface area is 157 Å². The first-order valence-electron chi connectivity index (χ1n) is 8.93. The van der Waals surface area contributed by atoms with Crippen LogP contribution in [0.15, 0.2) is 36.7 Å². The predicted molar refractivity (Wildman–Crippen MR) is 95.2 cm³/mol. The molecule has 8 heteroatoms. The molecule has 2 aromatic rings. The van der Waals surface area contributed by atoms with E-state index in [2.05, 4.69) is 9.97 Å². The van der Waals surface area contributed by atoms with Gasteiger partial charge in [-0.25, -0.2) is 9.97 Å². The molecule has 4 rings (SSSR count). The van der Waals surface area contributed by atoms with Crippen LogP contribution in [0.2, 0.25) is 0 Å². The van der Waals surface area contributed by atoms with Crippen LogP contribution in [-0.4, -0.2) is 59.8 Å². The number of rotatable bonds is 4. The fourth-order valence-electron chi connectivity index (χ4n) is 3.27. The number of hydrogen-bond donors (Lipinski definition) is 0. The molecular weight excluding hydrogens is 350 g/mol. The van der Waals surface area contributed by atoms with E-state index in [-0.39, 0.29) is 18.6 Å². The summed E-state index contributed by atoms with van der Waals surface area (Å²) in [6.45, 7) is 1.33. The quantitative estimate of drug-likeness (QED) is 0.809. The van der Waals surface area contributed by atoms with E-state index in [1.807, 2.05) is 18.2 Å². The minimum absolute atomic E-state index is 0.0936. The van der Waals surface area contributed by atoms with Gasteiger partial charge in [0.25, 0.3) is 17.7 Å². The van der Waals surface area contributed by atoms with Gasteiger partial charge >= 0.3 is 0 Å². The van der Waals surface area contributed by atoms with Crippen molar-refractivity contribution in [3.8, 4) is 23.3 Å². The molecule has 0 radical (unpaired) electrons. The van der Waals surface area contributed by atoms with Crippen molar-refractivity contribution in [2.24, 2.45) is 0 Å². The molecule has 2 aliphatic rings. The summed E-state index contributed by atoms with van der Waals surface area (Å²) in [5.41, 5.74) is 0. The third-order valence-corrected chi connectivity index (χ3v) is 4.58. The van der Waals surface area contributed by atoms with Crippen LogP contribution in [0.5, 0.6) is 23.3 Å². The lowest BCUT2D eigenvalue weighted by Gasteiger charge is -2.35. The number of hydrogen-bond acceptors (Lipinski definition) is 7. The third-order valence-electron chi connectivity index (χ3n) is 4.58. The van der Waals surface area contributed by atoms with E-state index in [1.54, 1.807) is 23.4 Å². The number of ether oxygens (including phenoxy) is 4. The smallest absolute Gasteiger partial charge is 0.278 e. The van der Waals surface area contributed by atoms with Crippen LogP contribution in [0.25, 0.3) is 0 Å². The molecule has 8 nitrogen and oxygen atoms in total. The summed E-state index contributed by atoms with van der Waals surface area (Å²) in [6.07, 6.45) is 3.93. The Morgan fingerprint density at radius 2 is 1.96 bits per heavy atom. The Balaban J connectivity index is 1.40. The van der Waals surface area contributed by atoms with E-state index in [1.165, 1.54) is 7.11 Å². The van der Waals surface area contributed by atoms with Gasteiger partial charge in [0.1, 0.15) is 12.7 Å². The highest BCUT2D eigenvalue weighted by Crippen LogP contribution is 2.31. The fourth-order valence-corrected chi connectivity index (χ4v) is 3.27. The van der Waals surface area contributed by atoms with Gasteiger partial charge in [0.2, 0.25) is 6.10 Å². The van der Waals surface area contributed by atoms with Gasteiger partial charge in [-0.15, -0.1) is 0 Å². The molecule has 2 aliphatic heterocycles. The summed E-state index contributed by atoms with van der Waals surface area (Å²) in [7, 11) is 1.52. The number of carbonyl (C=O) groups excluding carboxylic acids is 1. The minimum atomic E-state index is -0.648. The van der Waals surface area contributed by atoms with Crippen LogP contribution < -0.4 is 18.9 Å². The molecule has 0 aliphatic carbocycles. The Morgan fingerprint density at radius 3 is 2.78 bits per heavy atom. The monoisotopic (exact) mass is 371 g/mol. The summed E-state index contributed by atoms with van der Waals surface area (Å²) in [4.78, 5) is 22.9. The number of nitrogens with zero attached hydrogens (tertiary/aromatic N) is 3. The lowest BCUT2D eigenvalue weighted by molar-refractivity contribution is -0.143. The molecule has 1 saturated heterocycles. The zero-order valence-corrected chi connectivity index (χ0v) is 15.0. The van der Waals surface area contributed by atoms with E-state index in [0.29, 0.717) is 36.3 Å². The maximum absolute atomic E-state index is 12.9. The van der Waals surface area contributed by atoms with Crippen molar-refractivity contribution >= 4 is 5.91 Å². The third kappa shape index (κ3) is 3.74. The highest BCUT2D eigenvalue weighted by Gasteiger charge is 2.34. The molecule has 1 aromatic heterocycles. The summed E-state index contributed by atoms with van der Waals surface area (Å²) in [6, 6.07) is 7.36. The second-order valence-corrected chi connectivity index (χ2v) is 6.40. The van der Waals surface area contributed by atoms with Crippen LogP contribution in [-0.2, 0) is 4.79 Å². The highest BCUT2D eigenvalue weighted by molar-refractivity contribution is 5.82. The van der Waals surface area contributed by atoms with Crippen LogP contribution in [0.3, 0.4) is 0 Å². The molecule has 1 amide bonds. The Kier molecular flexibility index (Phi) is 4.95. The maximum Gasteiger partial charge on any atom is 0.278 e. The van der Waals surface area contributed by atoms with Gasteiger partial charge in [-0.1, -0.05) is 12.1 Å². The molecule has 27 heavy (non-hydrogen) atoms. The summed E-state index contributed by atoms with van der Waals surface area (Å²) < 4.78 is 22.6. The van der Waals surface area contributed by atoms with Gasteiger partial charge < -0.3 is 23.8 Å². The molecular formula is C19H21N3O5. The van der Waals surface area contributed by atoms with Gasteiger partial charge in [0.15, 0.2) is 11.5 Å². The number of para-hydroxylation sites is 2. The highest BCUT2D eigenvalue weighted by atomic mass is 16.6. The van der Waals surface area contributed by atoms with E-state index in [4.69, 9.17) is 18.9 Å². The lowest BCUT2D eigenvalue weighted by atomic mass is 10.1. The molecule has 2 unspecified atom stereocenters. The Bertz CT molecular complexity index is 815. The molecule has 1 aromatic carbocycles. The van der Waals surface area contributed by atoms with Crippen molar-refractivity contribution in [1.82, 2.24) is 14.9 Å². The zero-order chi connectivity index (χ0) is 18.6. The largest absolute Gasteiger partial charge is 0.485 e. The van der Waals surface area contributed by atoms with Crippen LogP contribution >= 0.6 is 0 Å². The van der Waals surface area contributed by atoms with Crippen molar-refractivity contribution in [2.45, 2.75) is 25.0 Å². The number of carbonyl (C=O) groups is 1. The van der Waals surface area contributed by atoms with Gasteiger partial charge in [-0.05, 0) is 25.0 Å². The molecule has 0 saturated carbocycles. The lowest BCUT2D eigenvalue weighted by Crippen LogP contribution is -2.51. The van der Waals surface area contributed by atoms with E-state index in [0.717, 1.165) is 12.8 Å². The topological polar surface area (TPSA) is 83.0 Å². The minimum Gasteiger partial charge on any atom is -0.485 e. The second-order valence-electron chi connectivity index (χ2n) is 6.40. The maximum atomic E-state index is 12.9. The standard InChI is InChI=1S/C19H21N3O5/c1-24-17-18(21-9-8-20-17)26-13-5-4-10-22(11-13)19(23)16-12-25-14-6-2-3-7-15(14)27-16/h2-3,6-9,13,16H,4-5,10-12H2,1H3. The predicted octanol–water partition coefficient (Wildman–Crippen LogP) is 1.69. The van der Waals surface area contributed by atoms with Crippen molar-refractivity contribution < 1.29 is 23.7 Å². The summed E-state index contributed by atoms with van der Waals surface area (Å²) in [5.74, 6) is 1.84. The molecule has 1 fully saturated rings. The van der Waals surface area contributed by atoms with E-state index < -0.39 is 6.10 Å². The Morgan fingerprint density at radius 1 is 1.19 bits per heavy atom. The fraction of sp³-hybridized carbons (Fsp3) is 0.421. The molecule has 2 atom stereocenters. The molecule has 142 valence electrons. The average Bonchev–Trinajstić information content (AvgIpc) is 2.73. The normalized spacial score (nSPS) is 21.4. The number of likely N-dealkylation sites (tertiary alicyclic amines) is 1. The molecule has 0 spiro atoms. The van der Waals surface area contributed by atoms with Crippen molar-refractivity contribution in [3.63, 3.8) is 0 Å². The van der Waals surface area contributed by atoms with Crippen LogP contribution in [0, 0.1) is 0 Å². The number of fused-ring (bicyclic) bond motifs is 1. The molecule has 3 heterocycles. The Hall–Kier alpha value is -3.03. The first kappa shape index (κ1) is 17.4. The molecule has 0 N–H and O–H groups in total. The van der Waals surface area contributed by atoms with Crippen LogP contribution in [0.4, 0.5) is 0 Å². The van der Waals surface area contributed by atoms with Gasteiger partial charge in [0.05, 0.1) is 13.7 Å². The van der Waals surface area contributed by atoms with Gasteiger partial charge in [-0.2, -0.15) is 0 Å². The second kappa shape index (κ2) is 7.69. The van der Waals surface area contributed by atoms with Crippen molar-refractivity contribution in [2.75, 3.05) is 26.8 Å². The van der Waals surface area contributed by atoms with Gasteiger partial charge in [-0.3, -0.25) is 4.79 Å². The average molecular weight is 371 g/mol. The van der Waals surface area contributed by atoms with Crippen molar-refractivity contribution in [3.05, 3.63) is 36.7 Å². The first-order chi connectivity index (χ1) is 13.2. The number of aromatic nitrogens is 2. The zero-order valence-electron chi connectivity index (χ0n) is 15.0. The summed E-state index contributed by atoms with van der Waals surface area (Å²) in [5, 5.41) is 0. The van der Waals surface area contributed by atoms with Crippen molar-refractivity contribution in [1.29, 1.82) is 0 Å². The first-order valence-corrected chi connectivity index (χ1v) is 8.93. The van der Waals surface area contributed by atoms with E-state index >= 15 is 0 Å². The van der Waals surface area contributed by atoms with Gasteiger partial charge in [0, 0.05) is 18.9 Å².